The number of aromatic nitrogens is 1. The number of pyridine rings is 1. The summed E-state index contributed by atoms with van der Waals surface area (Å²) < 4.78 is 0. The van der Waals surface area contributed by atoms with Crippen molar-refractivity contribution in [3.8, 4) is 0 Å². The number of hydrogen-bond donors (Lipinski definition) is 1. The number of likely N-dealkylation sites (tertiary alicyclic amines) is 1. The van der Waals surface area contributed by atoms with Crippen LogP contribution in [-0.2, 0) is 6.54 Å². The first kappa shape index (κ1) is 11.6. The molecule has 0 aromatic carbocycles. The number of piperidine rings is 1. The van der Waals surface area contributed by atoms with Crippen LogP contribution in [0.15, 0.2) is 24.4 Å². The molecule has 1 aromatic rings. The molecule has 88 valence electrons. The summed E-state index contributed by atoms with van der Waals surface area (Å²) in [6.07, 6.45) is 4.48. The number of nitrogens with one attached hydrogen (secondary N) is 1. The summed E-state index contributed by atoms with van der Waals surface area (Å²) in [6, 6.07) is 6.81. The lowest BCUT2D eigenvalue weighted by molar-refractivity contribution is 0.183. The fourth-order valence-corrected chi connectivity index (χ4v) is 2.38. The quantitative estimate of drug-likeness (QED) is 0.834. The van der Waals surface area contributed by atoms with Crippen LogP contribution in [0.2, 0.25) is 0 Å². The average molecular weight is 219 g/mol. The Morgan fingerprint density at radius 2 is 2.44 bits per heavy atom. The van der Waals surface area contributed by atoms with Gasteiger partial charge in [-0.3, -0.25) is 9.88 Å². The van der Waals surface area contributed by atoms with E-state index in [0.29, 0.717) is 6.04 Å². The van der Waals surface area contributed by atoms with Crippen LogP contribution in [-0.4, -0.2) is 35.6 Å². The SMILES string of the molecule is CCNC1CCCN(Cc2ccccn2)C1. The lowest BCUT2D eigenvalue weighted by Gasteiger charge is -2.32. The average Bonchev–Trinajstić information content (AvgIpc) is 2.31. The van der Waals surface area contributed by atoms with Crippen LogP contribution in [0.5, 0.6) is 0 Å². The van der Waals surface area contributed by atoms with Crippen molar-refractivity contribution in [3.05, 3.63) is 30.1 Å². The van der Waals surface area contributed by atoms with Gasteiger partial charge in [-0.1, -0.05) is 13.0 Å². The summed E-state index contributed by atoms with van der Waals surface area (Å²) in [4.78, 5) is 6.88. The highest BCUT2D eigenvalue weighted by Crippen LogP contribution is 2.12. The summed E-state index contributed by atoms with van der Waals surface area (Å²) in [7, 11) is 0. The second-order valence-electron chi connectivity index (χ2n) is 4.45. The van der Waals surface area contributed by atoms with Gasteiger partial charge in [0.15, 0.2) is 0 Å². The van der Waals surface area contributed by atoms with E-state index in [1.165, 1.54) is 25.1 Å². The molecule has 0 radical (unpaired) electrons. The highest BCUT2D eigenvalue weighted by molar-refractivity contribution is 5.03. The Kier molecular flexibility index (Phi) is 4.31. The zero-order valence-corrected chi connectivity index (χ0v) is 10.0. The van der Waals surface area contributed by atoms with Crippen LogP contribution in [0.4, 0.5) is 0 Å². The maximum atomic E-state index is 4.38. The Balaban J connectivity index is 1.85. The molecule has 1 aliphatic rings. The van der Waals surface area contributed by atoms with Gasteiger partial charge in [0.1, 0.15) is 0 Å². The topological polar surface area (TPSA) is 28.2 Å². The van der Waals surface area contributed by atoms with Crippen LogP contribution < -0.4 is 5.32 Å². The van der Waals surface area contributed by atoms with Gasteiger partial charge in [-0.05, 0) is 38.1 Å². The molecule has 1 unspecified atom stereocenters. The molecule has 1 saturated heterocycles. The van der Waals surface area contributed by atoms with E-state index < -0.39 is 0 Å². The van der Waals surface area contributed by atoms with Crippen LogP contribution in [0.1, 0.15) is 25.5 Å². The van der Waals surface area contributed by atoms with E-state index in [2.05, 4.69) is 34.3 Å². The third-order valence-electron chi connectivity index (χ3n) is 3.11. The first-order chi connectivity index (χ1) is 7.88. The van der Waals surface area contributed by atoms with Gasteiger partial charge in [0.2, 0.25) is 0 Å². The van der Waals surface area contributed by atoms with E-state index in [0.717, 1.165) is 19.6 Å². The lowest BCUT2D eigenvalue weighted by atomic mass is 10.1. The molecular formula is C13H21N3. The van der Waals surface area contributed by atoms with Crippen molar-refractivity contribution in [1.29, 1.82) is 0 Å². The Hall–Kier alpha value is -0.930. The Bertz CT molecular complexity index is 297. The third kappa shape index (κ3) is 3.29. The number of likely N-dealkylation sites (N-methyl/N-ethyl adjacent to an activating group) is 1. The summed E-state index contributed by atoms with van der Waals surface area (Å²) in [5, 5.41) is 3.54. The summed E-state index contributed by atoms with van der Waals surface area (Å²) in [5.41, 5.74) is 1.18. The fourth-order valence-electron chi connectivity index (χ4n) is 2.38. The number of hydrogen-bond acceptors (Lipinski definition) is 3. The van der Waals surface area contributed by atoms with Crippen molar-refractivity contribution in [2.75, 3.05) is 19.6 Å². The monoisotopic (exact) mass is 219 g/mol. The van der Waals surface area contributed by atoms with E-state index >= 15 is 0 Å². The van der Waals surface area contributed by atoms with Gasteiger partial charge >= 0.3 is 0 Å². The molecule has 0 amide bonds. The van der Waals surface area contributed by atoms with Crippen molar-refractivity contribution < 1.29 is 0 Å². The molecule has 1 fully saturated rings. The third-order valence-corrected chi connectivity index (χ3v) is 3.11. The fraction of sp³-hybridized carbons (Fsp3) is 0.615. The molecule has 1 aromatic heterocycles. The largest absolute Gasteiger partial charge is 0.313 e. The van der Waals surface area contributed by atoms with E-state index in [1.54, 1.807) is 0 Å². The Labute approximate surface area is 97.9 Å². The molecule has 1 aliphatic heterocycles. The van der Waals surface area contributed by atoms with Gasteiger partial charge in [-0.2, -0.15) is 0 Å². The van der Waals surface area contributed by atoms with Crippen LogP contribution in [0, 0.1) is 0 Å². The van der Waals surface area contributed by atoms with Gasteiger partial charge in [-0.15, -0.1) is 0 Å². The van der Waals surface area contributed by atoms with E-state index in [1.807, 2.05) is 12.3 Å². The lowest BCUT2D eigenvalue weighted by Crippen LogP contribution is -2.45. The molecule has 3 nitrogen and oxygen atoms in total. The molecule has 2 heterocycles. The van der Waals surface area contributed by atoms with E-state index in [-0.39, 0.29) is 0 Å². The molecule has 1 N–H and O–H groups in total. The molecule has 0 saturated carbocycles. The molecule has 1 atom stereocenters. The van der Waals surface area contributed by atoms with Crippen molar-refractivity contribution in [2.45, 2.75) is 32.4 Å². The van der Waals surface area contributed by atoms with Crippen molar-refractivity contribution >= 4 is 0 Å². The van der Waals surface area contributed by atoms with Gasteiger partial charge in [0.25, 0.3) is 0 Å². The molecule has 16 heavy (non-hydrogen) atoms. The molecule has 0 bridgehead atoms. The van der Waals surface area contributed by atoms with Gasteiger partial charge in [0, 0.05) is 25.3 Å². The van der Waals surface area contributed by atoms with E-state index in [9.17, 15) is 0 Å². The molecule has 0 aliphatic carbocycles. The minimum atomic E-state index is 0.669. The van der Waals surface area contributed by atoms with Gasteiger partial charge < -0.3 is 5.32 Å². The normalized spacial score (nSPS) is 22.2. The molecule has 3 heteroatoms. The summed E-state index contributed by atoms with van der Waals surface area (Å²) >= 11 is 0. The minimum absolute atomic E-state index is 0.669. The second kappa shape index (κ2) is 5.97. The maximum Gasteiger partial charge on any atom is 0.0543 e. The molecular weight excluding hydrogens is 198 g/mol. The standard InChI is InChI=1S/C13H21N3/c1-2-14-12-7-5-9-16(10-12)11-13-6-3-4-8-15-13/h3-4,6,8,12,14H,2,5,7,9-11H2,1H3. The van der Waals surface area contributed by atoms with Crippen LogP contribution >= 0.6 is 0 Å². The summed E-state index contributed by atoms with van der Waals surface area (Å²) in [6.45, 7) is 6.60. The van der Waals surface area contributed by atoms with Crippen LogP contribution in [0.3, 0.4) is 0 Å². The highest BCUT2D eigenvalue weighted by atomic mass is 15.2. The zero-order valence-electron chi connectivity index (χ0n) is 10.0. The van der Waals surface area contributed by atoms with Gasteiger partial charge in [0.05, 0.1) is 5.69 Å². The van der Waals surface area contributed by atoms with Crippen LogP contribution in [0.25, 0.3) is 0 Å². The number of nitrogens with zero attached hydrogens (tertiary/aromatic N) is 2. The van der Waals surface area contributed by atoms with Crippen molar-refractivity contribution in [2.24, 2.45) is 0 Å². The van der Waals surface area contributed by atoms with E-state index in [4.69, 9.17) is 0 Å². The summed E-state index contributed by atoms with van der Waals surface area (Å²) in [5.74, 6) is 0. The first-order valence-electron chi connectivity index (χ1n) is 6.24. The highest BCUT2D eigenvalue weighted by Gasteiger charge is 2.18. The maximum absolute atomic E-state index is 4.38. The number of rotatable bonds is 4. The van der Waals surface area contributed by atoms with Crippen molar-refractivity contribution in [1.82, 2.24) is 15.2 Å². The zero-order chi connectivity index (χ0) is 11.2. The second-order valence-corrected chi connectivity index (χ2v) is 4.45. The Morgan fingerprint density at radius 1 is 1.50 bits per heavy atom. The smallest absolute Gasteiger partial charge is 0.0543 e. The Morgan fingerprint density at radius 3 is 3.19 bits per heavy atom. The first-order valence-corrected chi connectivity index (χ1v) is 6.24. The predicted octanol–water partition coefficient (Wildman–Crippen LogP) is 1.66. The minimum Gasteiger partial charge on any atom is -0.313 e. The van der Waals surface area contributed by atoms with Crippen molar-refractivity contribution in [3.63, 3.8) is 0 Å². The molecule has 0 spiro atoms. The molecule has 2 rings (SSSR count). The predicted molar refractivity (Wildman–Crippen MR) is 66.2 cm³/mol. The van der Waals surface area contributed by atoms with Gasteiger partial charge in [-0.25, -0.2) is 0 Å².